The maximum absolute atomic E-state index is 13.5. The molecule has 1 heterocycles. The van der Waals surface area contributed by atoms with E-state index in [1.54, 1.807) is 19.2 Å². The number of aromatic hydroxyl groups is 1. The Morgan fingerprint density at radius 3 is 2.83 bits per heavy atom. The lowest BCUT2D eigenvalue weighted by Crippen LogP contribution is -2.14. The Bertz CT molecular complexity index is 579. The molecule has 92 valence electrons. The summed E-state index contributed by atoms with van der Waals surface area (Å²) in [5.74, 6) is -1.85. The minimum atomic E-state index is -0.765. The van der Waals surface area contributed by atoms with E-state index in [-0.39, 0.29) is 11.3 Å². The standard InChI is InChI=1S/C13H11FN2O2/c1-8-7-15-6-5-10(8)16-13(18)12-9(14)3-2-4-11(12)17/h2-7,17H,1H3,(H,15,16,18). The largest absolute Gasteiger partial charge is 0.507 e. The van der Waals surface area contributed by atoms with Crippen molar-refractivity contribution in [1.29, 1.82) is 0 Å². The fourth-order valence-corrected chi connectivity index (χ4v) is 1.54. The van der Waals surface area contributed by atoms with Gasteiger partial charge in [0.2, 0.25) is 0 Å². The maximum Gasteiger partial charge on any atom is 0.262 e. The van der Waals surface area contributed by atoms with Gasteiger partial charge in [-0.3, -0.25) is 9.78 Å². The Morgan fingerprint density at radius 1 is 1.39 bits per heavy atom. The first-order valence-electron chi connectivity index (χ1n) is 5.29. The molecule has 1 aromatic heterocycles. The summed E-state index contributed by atoms with van der Waals surface area (Å²) in [6, 6.07) is 5.32. The number of nitrogens with one attached hydrogen (secondary N) is 1. The van der Waals surface area contributed by atoms with Gasteiger partial charge in [-0.2, -0.15) is 0 Å². The van der Waals surface area contributed by atoms with Crippen LogP contribution in [0.4, 0.5) is 10.1 Å². The molecule has 2 N–H and O–H groups in total. The van der Waals surface area contributed by atoms with E-state index < -0.39 is 11.7 Å². The average Bonchev–Trinajstić information content (AvgIpc) is 2.32. The van der Waals surface area contributed by atoms with Crippen molar-refractivity contribution in [3.05, 3.63) is 53.6 Å². The number of hydrogen-bond donors (Lipinski definition) is 2. The summed E-state index contributed by atoms with van der Waals surface area (Å²) in [5, 5.41) is 12.0. The number of benzene rings is 1. The molecule has 5 heteroatoms. The van der Waals surface area contributed by atoms with Gasteiger partial charge in [-0.15, -0.1) is 0 Å². The lowest BCUT2D eigenvalue weighted by molar-refractivity contribution is 0.102. The molecule has 0 saturated carbocycles. The van der Waals surface area contributed by atoms with Crippen molar-refractivity contribution in [2.24, 2.45) is 0 Å². The topological polar surface area (TPSA) is 62.2 Å². The molecule has 0 spiro atoms. The number of pyridine rings is 1. The van der Waals surface area contributed by atoms with Crippen LogP contribution in [0.15, 0.2) is 36.7 Å². The summed E-state index contributed by atoms with van der Waals surface area (Å²) in [4.78, 5) is 15.8. The zero-order valence-corrected chi connectivity index (χ0v) is 9.64. The monoisotopic (exact) mass is 246 g/mol. The molecule has 2 aromatic rings. The molecule has 0 bridgehead atoms. The van der Waals surface area contributed by atoms with Crippen LogP contribution >= 0.6 is 0 Å². The Morgan fingerprint density at radius 2 is 2.17 bits per heavy atom. The Kier molecular flexibility index (Phi) is 3.23. The van der Waals surface area contributed by atoms with Crippen molar-refractivity contribution in [3.8, 4) is 5.75 Å². The highest BCUT2D eigenvalue weighted by atomic mass is 19.1. The number of halogens is 1. The minimum absolute atomic E-state index is 0.367. The molecule has 18 heavy (non-hydrogen) atoms. The fourth-order valence-electron chi connectivity index (χ4n) is 1.54. The summed E-state index contributed by atoms with van der Waals surface area (Å²) in [6.45, 7) is 1.77. The summed E-state index contributed by atoms with van der Waals surface area (Å²) in [6.07, 6.45) is 3.10. The van der Waals surface area contributed by atoms with Gasteiger partial charge in [0.25, 0.3) is 5.91 Å². The van der Waals surface area contributed by atoms with Crippen LogP contribution in [-0.2, 0) is 0 Å². The Balaban J connectivity index is 2.31. The predicted octanol–water partition coefficient (Wildman–Crippen LogP) is 2.49. The average molecular weight is 246 g/mol. The quantitative estimate of drug-likeness (QED) is 0.855. The summed E-state index contributed by atoms with van der Waals surface area (Å²) >= 11 is 0. The first-order chi connectivity index (χ1) is 8.59. The van der Waals surface area contributed by atoms with Crippen LogP contribution in [0.25, 0.3) is 0 Å². The minimum Gasteiger partial charge on any atom is -0.507 e. The lowest BCUT2D eigenvalue weighted by atomic mass is 10.1. The normalized spacial score (nSPS) is 10.1. The van der Waals surface area contributed by atoms with Gasteiger partial charge in [-0.05, 0) is 30.7 Å². The first-order valence-corrected chi connectivity index (χ1v) is 5.29. The SMILES string of the molecule is Cc1cnccc1NC(=O)c1c(O)cccc1F. The van der Waals surface area contributed by atoms with Gasteiger partial charge in [-0.25, -0.2) is 4.39 Å². The molecule has 1 amide bonds. The lowest BCUT2D eigenvalue weighted by Gasteiger charge is -2.09. The molecule has 0 atom stereocenters. The smallest absolute Gasteiger partial charge is 0.262 e. The van der Waals surface area contributed by atoms with Crippen LogP contribution in [-0.4, -0.2) is 16.0 Å². The van der Waals surface area contributed by atoms with E-state index in [0.29, 0.717) is 5.69 Å². The number of aromatic nitrogens is 1. The van der Waals surface area contributed by atoms with E-state index in [1.807, 2.05) is 0 Å². The highest BCUT2D eigenvalue weighted by molar-refractivity contribution is 6.06. The summed E-state index contributed by atoms with van der Waals surface area (Å²) in [5.41, 5.74) is 0.910. The molecule has 2 rings (SSSR count). The molecule has 0 aliphatic heterocycles. The molecule has 4 nitrogen and oxygen atoms in total. The van der Waals surface area contributed by atoms with E-state index in [4.69, 9.17) is 0 Å². The summed E-state index contributed by atoms with van der Waals surface area (Å²) < 4.78 is 13.5. The number of carbonyl (C=O) groups is 1. The van der Waals surface area contributed by atoms with Gasteiger partial charge in [0.1, 0.15) is 17.1 Å². The van der Waals surface area contributed by atoms with Gasteiger partial charge in [0, 0.05) is 18.1 Å². The number of anilines is 1. The first kappa shape index (κ1) is 12.0. The summed E-state index contributed by atoms with van der Waals surface area (Å²) in [7, 11) is 0. The molecular formula is C13H11FN2O2. The number of nitrogens with zero attached hydrogens (tertiary/aromatic N) is 1. The van der Waals surface area contributed by atoms with Crippen molar-refractivity contribution in [2.75, 3.05) is 5.32 Å². The number of carbonyl (C=O) groups excluding carboxylic acids is 1. The molecule has 0 saturated heterocycles. The number of amides is 1. The molecule has 1 aromatic carbocycles. The van der Waals surface area contributed by atoms with Crippen LogP contribution in [0, 0.1) is 12.7 Å². The third kappa shape index (κ3) is 2.29. The van der Waals surface area contributed by atoms with Crippen LogP contribution in [0.5, 0.6) is 5.75 Å². The van der Waals surface area contributed by atoms with E-state index >= 15 is 0 Å². The van der Waals surface area contributed by atoms with E-state index in [1.165, 1.54) is 18.3 Å². The second kappa shape index (κ2) is 4.83. The number of phenols is 1. The molecular weight excluding hydrogens is 235 g/mol. The van der Waals surface area contributed by atoms with E-state index in [9.17, 15) is 14.3 Å². The third-order valence-corrected chi connectivity index (χ3v) is 2.49. The molecule has 0 radical (unpaired) electrons. The van der Waals surface area contributed by atoms with Crippen molar-refractivity contribution in [3.63, 3.8) is 0 Å². The number of aryl methyl sites for hydroxylation is 1. The Labute approximate surface area is 103 Å². The van der Waals surface area contributed by atoms with Crippen LogP contribution < -0.4 is 5.32 Å². The van der Waals surface area contributed by atoms with Gasteiger partial charge < -0.3 is 10.4 Å². The second-order valence-electron chi connectivity index (χ2n) is 3.78. The van der Waals surface area contributed by atoms with Crippen molar-refractivity contribution < 1.29 is 14.3 Å². The van der Waals surface area contributed by atoms with Crippen LogP contribution in [0.3, 0.4) is 0 Å². The van der Waals surface area contributed by atoms with Gasteiger partial charge >= 0.3 is 0 Å². The van der Waals surface area contributed by atoms with Crippen LogP contribution in [0.2, 0.25) is 0 Å². The number of hydrogen-bond acceptors (Lipinski definition) is 3. The van der Waals surface area contributed by atoms with Crippen molar-refractivity contribution >= 4 is 11.6 Å². The van der Waals surface area contributed by atoms with Gasteiger partial charge in [0.15, 0.2) is 0 Å². The van der Waals surface area contributed by atoms with Gasteiger partial charge in [-0.1, -0.05) is 6.07 Å². The molecule has 0 fully saturated rings. The van der Waals surface area contributed by atoms with E-state index in [0.717, 1.165) is 11.6 Å². The maximum atomic E-state index is 13.5. The molecule has 0 aliphatic carbocycles. The fraction of sp³-hybridized carbons (Fsp3) is 0.0769. The van der Waals surface area contributed by atoms with Crippen molar-refractivity contribution in [1.82, 2.24) is 4.98 Å². The zero-order chi connectivity index (χ0) is 13.1. The zero-order valence-electron chi connectivity index (χ0n) is 9.64. The van der Waals surface area contributed by atoms with E-state index in [2.05, 4.69) is 10.3 Å². The van der Waals surface area contributed by atoms with Crippen molar-refractivity contribution in [2.45, 2.75) is 6.92 Å². The second-order valence-corrected chi connectivity index (χ2v) is 3.78. The van der Waals surface area contributed by atoms with Crippen LogP contribution in [0.1, 0.15) is 15.9 Å². The number of phenolic OH excluding ortho intramolecular Hbond substituents is 1. The predicted molar refractivity (Wildman–Crippen MR) is 65.0 cm³/mol. The third-order valence-electron chi connectivity index (χ3n) is 2.49. The van der Waals surface area contributed by atoms with Gasteiger partial charge in [0.05, 0.1) is 0 Å². The Hall–Kier alpha value is -2.43. The highest BCUT2D eigenvalue weighted by Crippen LogP contribution is 2.22. The molecule has 0 aliphatic rings. The number of rotatable bonds is 2. The molecule has 0 unspecified atom stereocenters. The highest BCUT2D eigenvalue weighted by Gasteiger charge is 2.16.